The molecule has 1 aromatic rings. The minimum atomic E-state index is -0.593. The molecule has 1 aliphatic heterocycles. The fraction of sp³-hybridized carbons (Fsp3) is 0.429. The molecule has 0 bridgehead atoms. The highest BCUT2D eigenvalue weighted by Gasteiger charge is 2.36. The van der Waals surface area contributed by atoms with Crippen molar-refractivity contribution in [3.63, 3.8) is 0 Å². The predicted octanol–water partition coefficient (Wildman–Crippen LogP) is 3.38. The topological polar surface area (TPSA) is 49.4 Å². The Labute approximate surface area is 149 Å². The predicted molar refractivity (Wildman–Crippen MR) is 98.7 cm³/mol. The van der Waals surface area contributed by atoms with Gasteiger partial charge in [0.2, 0.25) is 11.8 Å². The van der Waals surface area contributed by atoms with Crippen LogP contribution in [0.3, 0.4) is 0 Å². The number of carbonyl (C=O) groups excluding carboxylic acids is 2. The molecule has 1 aliphatic carbocycles. The van der Waals surface area contributed by atoms with Gasteiger partial charge in [0.1, 0.15) is 6.04 Å². The number of amides is 2. The van der Waals surface area contributed by atoms with Gasteiger partial charge in [0, 0.05) is 12.5 Å². The molecule has 4 heteroatoms. The number of hydrogen-bond acceptors (Lipinski definition) is 2. The molecule has 3 rings (SSSR count). The van der Waals surface area contributed by atoms with E-state index < -0.39 is 6.04 Å². The molecule has 2 aliphatic rings. The monoisotopic (exact) mass is 338 g/mol. The molecule has 0 radical (unpaired) electrons. The standard InChI is InChI=1S/C21H26N2O2/c1-2-3-5-11-18-12-8-15-23(18)21(25)19(16-9-6-4-7-10-16)22-20(24)17-13-14-17/h2-7,9-11,17-19H,8,12-15H2,1H3,(H,22,24)/t18-,19+/m1/s1. The minimum Gasteiger partial charge on any atom is -0.340 e. The molecule has 1 saturated heterocycles. The summed E-state index contributed by atoms with van der Waals surface area (Å²) in [5.41, 5.74) is 0.851. The number of allylic oxidation sites excluding steroid dienone is 3. The summed E-state index contributed by atoms with van der Waals surface area (Å²) >= 11 is 0. The summed E-state index contributed by atoms with van der Waals surface area (Å²) in [5, 5.41) is 2.99. The maximum atomic E-state index is 13.2. The maximum absolute atomic E-state index is 13.2. The first-order chi connectivity index (χ1) is 12.2. The highest BCUT2D eigenvalue weighted by molar-refractivity contribution is 5.90. The van der Waals surface area contributed by atoms with E-state index in [9.17, 15) is 9.59 Å². The molecule has 2 atom stereocenters. The molecule has 132 valence electrons. The van der Waals surface area contributed by atoms with Gasteiger partial charge in [-0.2, -0.15) is 0 Å². The van der Waals surface area contributed by atoms with Gasteiger partial charge in [-0.15, -0.1) is 0 Å². The van der Waals surface area contributed by atoms with Crippen LogP contribution in [0.25, 0.3) is 0 Å². The molecule has 2 amide bonds. The molecule has 0 spiro atoms. The molecular formula is C21H26N2O2. The van der Waals surface area contributed by atoms with Crippen molar-refractivity contribution in [1.82, 2.24) is 10.2 Å². The Hall–Kier alpha value is -2.36. The zero-order valence-corrected chi connectivity index (χ0v) is 14.7. The van der Waals surface area contributed by atoms with Crippen molar-refractivity contribution >= 4 is 11.8 Å². The van der Waals surface area contributed by atoms with Gasteiger partial charge in [0.15, 0.2) is 0 Å². The van der Waals surface area contributed by atoms with Crippen molar-refractivity contribution in [1.29, 1.82) is 0 Å². The highest BCUT2D eigenvalue weighted by Crippen LogP contribution is 2.31. The third-order valence-corrected chi connectivity index (χ3v) is 4.83. The van der Waals surface area contributed by atoms with Gasteiger partial charge < -0.3 is 10.2 Å². The third-order valence-electron chi connectivity index (χ3n) is 4.83. The van der Waals surface area contributed by atoms with Gasteiger partial charge in [-0.3, -0.25) is 9.59 Å². The van der Waals surface area contributed by atoms with Crippen molar-refractivity contribution in [2.75, 3.05) is 6.54 Å². The lowest BCUT2D eigenvalue weighted by Crippen LogP contribution is -2.44. The smallest absolute Gasteiger partial charge is 0.250 e. The Bertz CT molecular complexity index is 662. The van der Waals surface area contributed by atoms with Crippen LogP contribution in [-0.4, -0.2) is 29.3 Å². The SMILES string of the molecule is CC=CC=C[C@@H]1CCCN1C(=O)[C@@H](NC(=O)C1CC1)c1ccccc1. The van der Waals surface area contributed by atoms with E-state index in [-0.39, 0.29) is 23.8 Å². The van der Waals surface area contributed by atoms with Crippen LogP contribution in [0.2, 0.25) is 0 Å². The van der Waals surface area contributed by atoms with E-state index >= 15 is 0 Å². The van der Waals surface area contributed by atoms with Crippen molar-refractivity contribution in [3.05, 3.63) is 60.2 Å². The molecule has 0 unspecified atom stereocenters. The molecule has 1 heterocycles. The van der Waals surface area contributed by atoms with Gasteiger partial charge in [-0.05, 0) is 38.2 Å². The zero-order chi connectivity index (χ0) is 17.6. The van der Waals surface area contributed by atoms with E-state index in [1.807, 2.05) is 60.4 Å². The number of nitrogens with zero attached hydrogens (tertiary/aromatic N) is 1. The van der Waals surface area contributed by atoms with Crippen LogP contribution in [0.15, 0.2) is 54.6 Å². The molecule has 1 N–H and O–H groups in total. The van der Waals surface area contributed by atoms with E-state index in [1.54, 1.807) is 0 Å². The number of likely N-dealkylation sites (tertiary alicyclic amines) is 1. The first kappa shape index (κ1) is 17.5. The van der Waals surface area contributed by atoms with E-state index in [0.29, 0.717) is 0 Å². The fourth-order valence-electron chi connectivity index (χ4n) is 3.27. The van der Waals surface area contributed by atoms with Gasteiger partial charge in [0.05, 0.1) is 6.04 Å². The minimum absolute atomic E-state index is 0.00223. The Balaban J connectivity index is 1.79. The Morgan fingerprint density at radius 3 is 2.60 bits per heavy atom. The first-order valence-corrected chi connectivity index (χ1v) is 9.16. The summed E-state index contributed by atoms with van der Waals surface area (Å²) in [6.07, 6.45) is 11.9. The van der Waals surface area contributed by atoms with Gasteiger partial charge in [-0.25, -0.2) is 0 Å². The number of hydrogen-bond donors (Lipinski definition) is 1. The lowest BCUT2D eigenvalue weighted by atomic mass is 10.0. The van der Waals surface area contributed by atoms with E-state index in [4.69, 9.17) is 0 Å². The second-order valence-corrected chi connectivity index (χ2v) is 6.78. The number of rotatable bonds is 6. The van der Waals surface area contributed by atoms with Gasteiger partial charge in [0.25, 0.3) is 0 Å². The van der Waals surface area contributed by atoms with Crippen LogP contribution in [0, 0.1) is 5.92 Å². The van der Waals surface area contributed by atoms with Crippen molar-refractivity contribution < 1.29 is 9.59 Å². The Kier molecular flexibility index (Phi) is 5.69. The van der Waals surface area contributed by atoms with E-state index in [2.05, 4.69) is 11.4 Å². The van der Waals surface area contributed by atoms with Crippen LogP contribution in [0.5, 0.6) is 0 Å². The third kappa shape index (κ3) is 4.38. The van der Waals surface area contributed by atoms with Crippen LogP contribution in [-0.2, 0) is 9.59 Å². The fourth-order valence-corrected chi connectivity index (χ4v) is 3.27. The number of nitrogens with one attached hydrogen (secondary N) is 1. The average Bonchev–Trinajstić information content (AvgIpc) is 3.39. The second-order valence-electron chi connectivity index (χ2n) is 6.78. The quantitative estimate of drug-likeness (QED) is 0.809. The van der Waals surface area contributed by atoms with Gasteiger partial charge in [-0.1, -0.05) is 54.6 Å². The second kappa shape index (κ2) is 8.15. The molecule has 2 fully saturated rings. The summed E-state index contributed by atoms with van der Waals surface area (Å²) in [5.74, 6) is 0.0817. The highest BCUT2D eigenvalue weighted by atomic mass is 16.2. The Morgan fingerprint density at radius 2 is 1.92 bits per heavy atom. The molecule has 4 nitrogen and oxygen atoms in total. The van der Waals surface area contributed by atoms with Crippen molar-refractivity contribution in [2.45, 2.75) is 44.7 Å². The molecule has 25 heavy (non-hydrogen) atoms. The average molecular weight is 338 g/mol. The number of benzene rings is 1. The summed E-state index contributed by atoms with van der Waals surface area (Å²) in [6, 6.07) is 9.08. The molecule has 0 aromatic heterocycles. The van der Waals surface area contributed by atoms with E-state index in [1.165, 1.54) is 0 Å². The molecule has 1 saturated carbocycles. The van der Waals surface area contributed by atoms with Crippen LogP contribution in [0.1, 0.15) is 44.2 Å². The maximum Gasteiger partial charge on any atom is 0.250 e. The summed E-state index contributed by atoms with van der Waals surface area (Å²) in [4.78, 5) is 27.4. The summed E-state index contributed by atoms with van der Waals surface area (Å²) < 4.78 is 0. The zero-order valence-electron chi connectivity index (χ0n) is 14.7. The largest absolute Gasteiger partial charge is 0.340 e. The van der Waals surface area contributed by atoms with Crippen LogP contribution < -0.4 is 5.32 Å². The summed E-state index contributed by atoms with van der Waals surface area (Å²) in [7, 11) is 0. The first-order valence-electron chi connectivity index (χ1n) is 9.16. The molecule has 1 aromatic carbocycles. The number of carbonyl (C=O) groups is 2. The van der Waals surface area contributed by atoms with E-state index in [0.717, 1.165) is 37.8 Å². The lowest BCUT2D eigenvalue weighted by Gasteiger charge is -2.28. The molecular weight excluding hydrogens is 312 g/mol. The van der Waals surface area contributed by atoms with Crippen LogP contribution in [0.4, 0.5) is 0 Å². The van der Waals surface area contributed by atoms with Crippen LogP contribution >= 0.6 is 0 Å². The van der Waals surface area contributed by atoms with Gasteiger partial charge >= 0.3 is 0 Å². The Morgan fingerprint density at radius 1 is 1.16 bits per heavy atom. The van der Waals surface area contributed by atoms with Crippen molar-refractivity contribution in [2.24, 2.45) is 5.92 Å². The lowest BCUT2D eigenvalue weighted by molar-refractivity contribution is -0.137. The normalized spacial score (nSPS) is 21.8. The van der Waals surface area contributed by atoms with Crippen molar-refractivity contribution in [3.8, 4) is 0 Å². The summed E-state index contributed by atoms with van der Waals surface area (Å²) in [6.45, 7) is 2.72.